The molecule has 4 heteroatoms. The Morgan fingerprint density at radius 2 is 1.41 bits per heavy atom. The predicted octanol–water partition coefficient (Wildman–Crippen LogP) is 1.55. The van der Waals surface area contributed by atoms with Gasteiger partial charge in [-0.15, -0.1) is 0 Å². The Labute approximate surface area is 101 Å². The summed E-state index contributed by atoms with van der Waals surface area (Å²) in [5, 5.41) is 0. The second-order valence-electron chi connectivity index (χ2n) is 4.88. The second kappa shape index (κ2) is 4.90. The number of hydrogen-bond acceptors (Lipinski definition) is 4. The van der Waals surface area contributed by atoms with Crippen LogP contribution in [0.5, 0.6) is 0 Å². The fraction of sp³-hybridized carbons (Fsp3) is 0.692. The summed E-state index contributed by atoms with van der Waals surface area (Å²) in [6.45, 7) is 3.72. The lowest BCUT2D eigenvalue weighted by molar-refractivity contribution is -0.147. The van der Waals surface area contributed by atoms with Crippen LogP contribution in [0.3, 0.4) is 0 Å². The number of allylic oxidation sites excluding steroid dienone is 2. The number of hydrogen-bond donors (Lipinski definition) is 0. The standard InChI is InChI=1S/C13H18O4/c1-8(14)16-6-12-10-3-4-11(5-10)13(12)7-17-9(2)15/h3-4,10-13H,5-7H2,1-2H3/t10-,11-,12-,13+/m0/s1. The molecule has 4 atom stereocenters. The maximum Gasteiger partial charge on any atom is 0.302 e. The second-order valence-corrected chi connectivity index (χ2v) is 4.88. The molecule has 2 aliphatic rings. The highest BCUT2D eigenvalue weighted by Crippen LogP contribution is 2.48. The summed E-state index contributed by atoms with van der Waals surface area (Å²) in [5.41, 5.74) is 0. The molecule has 0 aromatic rings. The number of carbonyl (C=O) groups is 2. The Hall–Kier alpha value is -1.32. The lowest BCUT2D eigenvalue weighted by atomic mass is 9.84. The summed E-state index contributed by atoms with van der Waals surface area (Å²) in [6.07, 6.45) is 5.49. The van der Waals surface area contributed by atoms with Crippen LogP contribution >= 0.6 is 0 Å². The molecular weight excluding hydrogens is 220 g/mol. The highest BCUT2D eigenvalue weighted by molar-refractivity contribution is 5.66. The molecule has 2 bridgehead atoms. The fourth-order valence-corrected chi connectivity index (χ4v) is 2.95. The smallest absolute Gasteiger partial charge is 0.302 e. The minimum Gasteiger partial charge on any atom is -0.466 e. The van der Waals surface area contributed by atoms with Crippen molar-refractivity contribution in [2.45, 2.75) is 20.3 Å². The van der Waals surface area contributed by atoms with Crippen molar-refractivity contribution in [3.05, 3.63) is 12.2 Å². The zero-order chi connectivity index (χ0) is 12.4. The first kappa shape index (κ1) is 12.1. The van der Waals surface area contributed by atoms with E-state index in [0.717, 1.165) is 6.42 Å². The van der Waals surface area contributed by atoms with Gasteiger partial charge in [0.1, 0.15) is 0 Å². The SMILES string of the molecule is CC(=O)OC[C@@H]1[C@H](COC(C)=O)[C@H]2C=C[C@H]1C2. The third-order valence-corrected chi connectivity index (χ3v) is 3.76. The van der Waals surface area contributed by atoms with Gasteiger partial charge < -0.3 is 9.47 Å². The molecule has 94 valence electrons. The van der Waals surface area contributed by atoms with E-state index in [4.69, 9.17) is 9.47 Å². The molecule has 0 spiro atoms. The normalized spacial score (nSPS) is 33.8. The molecule has 1 saturated carbocycles. The highest BCUT2D eigenvalue weighted by atomic mass is 16.5. The van der Waals surface area contributed by atoms with E-state index < -0.39 is 0 Å². The Morgan fingerprint density at radius 1 is 1.00 bits per heavy atom. The third kappa shape index (κ3) is 2.68. The van der Waals surface area contributed by atoms with E-state index in [1.54, 1.807) is 0 Å². The lowest BCUT2D eigenvalue weighted by Crippen LogP contribution is -2.29. The van der Waals surface area contributed by atoms with Gasteiger partial charge >= 0.3 is 11.9 Å². The molecule has 0 amide bonds. The number of fused-ring (bicyclic) bond motifs is 2. The molecule has 4 nitrogen and oxygen atoms in total. The van der Waals surface area contributed by atoms with E-state index >= 15 is 0 Å². The van der Waals surface area contributed by atoms with E-state index in [1.807, 2.05) is 0 Å². The van der Waals surface area contributed by atoms with E-state index in [1.165, 1.54) is 13.8 Å². The van der Waals surface area contributed by atoms with Crippen LogP contribution in [0.4, 0.5) is 0 Å². The van der Waals surface area contributed by atoms with Crippen LogP contribution in [-0.4, -0.2) is 25.2 Å². The summed E-state index contributed by atoms with van der Waals surface area (Å²) >= 11 is 0. The van der Waals surface area contributed by atoms with Crippen molar-refractivity contribution in [3.8, 4) is 0 Å². The van der Waals surface area contributed by atoms with Crippen molar-refractivity contribution in [2.75, 3.05) is 13.2 Å². The summed E-state index contributed by atoms with van der Waals surface area (Å²) in [6, 6.07) is 0. The Bertz CT molecular complexity index is 315. The van der Waals surface area contributed by atoms with Crippen molar-refractivity contribution in [3.63, 3.8) is 0 Å². The third-order valence-electron chi connectivity index (χ3n) is 3.76. The van der Waals surface area contributed by atoms with Crippen molar-refractivity contribution in [1.82, 2.24) is 0 Å². The molecule has 0 aromatic heterocycles. The zero-order valence-corrected chi connectivity index (χ0v) is 10.2. The Kier molecular flexibility index (Phi) is 3.50. The van der Waals surface area contributed by atoms with Crippen LogP contribution in [0.15, 0.2) is 12.2 Å². The van der Waals surface area contributed by atoms with Crippen molar-refractivity contribution < 1.29 is 19.1 Å². The van der Waals surface area contributed by atoms with Gasteiger partial charge in [-0.2, -0.15) is 0 Å². The van der Waals surface area contributed by atoms with Crippen LogP contribution in [0.1, 0.15) is 20.3 Å². The minimum absolute atomic E-state index is 0.247. The van der Waals surface area contributed by atoms with Crippen LogP contribution in [0.25, 0.3) is 0 Å². The maximum atomic E-state index is 10.9. The van der Waals surface area contributed by atoms with Crippen LogP contribution in [0.2, 0.25) is 0 Å². The summed E-state index contributed by atoms with van der Waals surface area (Å²) < 4.78 is 10.2. The van der Waals surface area contributed by atoms with E-state index in [0.29, 0.717) is 36.9 Å². The highest BCUT2D eigenvalue weighted by Gasteiger charge is 2.45. The zero-order valence-electron chi connectivity index (χ0n) is 10.2. The molecule has 0 heterocycles. The minimum atomic E-state index is -0.247. The first-order chi connectivity index (χ1) is 8.08. The Balaban J connectivity index is 1.94. The summed E-state index contributed by atoms with van der Waals surface area (Å²) in [4.78, 5) is 21.7. The summed E-state index contributed by atoms with van der Waals surface area (Å²) in [7, 11) is 0. The molecule has 2 aliphatic carbocycles. The molecular formula is C13H18O4. The van der Waals surface area contributed by atoms with Gasteiger partial charge in [-0.25, -0.2) is 0 Å². The monoisotopic (exact) mass is 238 g/mol. The number of carbonyl (C=O) groups excluding carboxylic acids is 2. The molecule has 0 aromatic carbocycles. The molecule has 2 rings (SSSR count). The van der Waals surface area contributed by atoms with Crippen LogP contribution in [0, 0.1) is 23.7 Å². The molecule has 0 radical (unpaired) electrons. The quantitative estimate of drug-likeness (QED) is 0.551. The van der Waals surface area contributed by atoms with Gasteiger partial charge in [0.2, 0.25) is 0 Å². The topological polar surface area (TPSA) is 52.6 Å². The van der Waals surface area contributed by atoms with Gasteiger partial charge in [0.05, 0.1) is 13.2 Å². The van der Waals surface area contributed by atoms with Gasteiger partial charge in [-0.05, 0) is 18.3 Å². The van der Waals surface area contributed by atoms with Crippen molar-refractivity contribution in [1.29, 1.82) is 0 Å². The number of ether oxygens (including phenoxy) is 2. The van der Waals surface area contributed by atoms with Gasteiger partial charge in [0.15, 0.2) is 0 Å². The van der Waals surface area contributed by atoms with E-state index in [-0.39, 0.29) is 11.9 Å². The Morgan fingerprint density at radius 3 is 1.76 bits per heavy atom. The molecule has 0 aliphatic heterocycles. The lowest BCUT2D eigenvalue weighted by Gasteiger charge is -2.26. The first-order valence-electron chi connectivity index (χ1n) is 6.03. The summed E-state index contributed by atoms with van der Waals surface area (Å²) in [5.74, 6) is 1.05. The van der Waals surface area contributed by atoms with E-state index in [2.05, 4.69) is 12.2 Å². The molecule has 0 saturated heterocycles. The van der Waals surface area contributed by atoms with Gasteiger partial charge in [-0.1, -0.05) is 12.2 Å². The molecule has 17 heavy (non-hydrogen) atoms. The average molecular weight is 238 g/mol. The fourth-order valence-electron chi connectivity index (χ4n) is 2.95. The van der Waals surface area contributed by atoms with E-state index in [9.17, 15) is 9.59 Å². The van der Waals surface area contributed by atoms with Crippen molar-refractivity contribution >= 4 is 11.9 Å². The van der Waals surface area contributed by atoms with Gasteiger partial charge in [0, 0.05) is 25.7 Å². The average Bonchev–Trinajstić information content (AvgIpc) is 2.83. The van der Waals surface area contributed by atoms with Crippen molar-refractivity contribution in [2.24, 2.45) is 23.7 Å². The van der Waals surface area contributed by atoms with Gasteiger partial charge in [0.25, 0.3) is 0 Å². The molecule has 0 N–H and O–H groups in total. The maximum absolute atomic E-state index is 10.9. The largest absolute Gasteiger partial charge is 0.466 e. The first-order valence-corrected chi connectivity index (χ1v) is 6.03. The predicted molar refractivity (Wildman–Crippen MR) is 61.0 cm³/mol. The molecule has 1 fully saturated rings. The number of rotatable bonds is 4. The van der Waals surface area contributed by atoms with Crippen LogP contribution in [-0.2, 0) is 19.1 Å². The van der Waals surface area contributed by atoms with Crippen LogP contribution < -0.4 is 0 Å². The number of esters is 2. The van der Waals surface area contributed by atoms with Gasteiger partial charge in [-0.3, -0.25) is 9.59 Å². The molecule has 0 unspecified atom stereocenters.